The number of nitrogens with zero attached hydrogens (tertiary/aromatic N) is 4. The van der Waals surface area contributed by atoms with Crippen molar-refractivity contribution in [2.45, 2.75) is 20.1 Å². The molecule has 120 valence electrons. The molecule has 0 saturated heterocycles. The number of para-hydroxylation sites is 1. The van der Waals surface area contributed by atoms with Crippen LogP contribution in [0.3, 0.4) is 0 Å². The van der Waals surface area contributed by atoms with Crippen molar-refractivity contribution in [1.29, 1.82) is 0 Å². The number of fused-ring (bicyclic) bond motifs is 1. The second-order valence-corrected chi connectivity index (χ2v) is 5.35. The van der Waals surface area contributed by atoms with Crippen LogP contribution in [0.25, 0.3) is 22.4 Å². The van der Waals surface area contributed by atoms with Crippen LogP contribution >= 0.6 is 0 Å². The summed E-state index contributed by atoms with van der Waals surface area (Å²) in [5.74, 6) is 1.76. The van der Waals surface area contributed by atoms with Crippen molar-refractivity contribution in [2.75, 3.05) is 0 Å². The van der Waals surface area contributed by atoms with E-state index in [2.05, 4.69) is 26.6 Å². The van der Waals surface area contributed by atoms with Crippen LogP contribution in [0.5, 0.6) is 5.75 Å². The fourth-order valence-corrected chi connectivity index (χ4v) is 2.54. The molecule has 2 aromatic heterocycles. The molecule has 0 aliphatic carbocycles. The molecule has 0 N–H and O–H groups in total. The summed E-state index contributed by atoms with van der Waals surface area (Å²) in [5, 5.41) is 4.05. The van der Waals surface area contributed by atoms with Gasteiger partial charge in [-0.05, 0) is 37.3 Å². The van der Waals surface area contributed by atoms with Crippen LogP contribution in [0.15, 0.2) is 59.4 Å². The molecule has 0 atom stereocenters. The third kappa shape index (κ3) is 2.74. The number of hydrogen-bond donors (Lipinski definition) is 0. The lowest BCUT2D eigenvalue weighted by Gasteiger charge is -2.01. The van der Waals surface area contributed by atoms with E-state index in [9.17, 15) is 0 Å². The quantitative estimate of drug-likeness (QED) is 0.561. The Hall–Kier alpha value is -3.15. The first-order valence-electron chi connectivity index (χ1n) is 7.79. The molecule has 0 aliphatic heterocycles. The molecule has 6 nitrogen and oxygen atoms in total. The predicted octanol–water partition coefficient (Wildman–Crippen LogP) is 3.69. The van der Waals surface area contributed by atoms with Gasteiger partial charge in [0.15, 0.2) is 6.61 Å². The van der Waals surface area contributed by atoms with Crippen molar-refractivity contribution in [3.8, 4) is 17.1 Å². The van der Waals surface area contributed by atoms with E-state index in [1.165, 1.54) is 0 Å². The molecule has 0 unspecified atom stereocenters. The predicted molar refractivity (Wildman–Crippen MR) is 89.5 cm³/mol. The molecule has 0 fully saturated rings. The molecule has 4 rings (SSSR count). The summed E-state index contributed by atoms with van der Waals surface area (Å²) in [5.41, 5.74) is 2.91. The lowest BCUT2D eigenvalue weighted by Crippen LogP contribution is -1.95. The van der Waals surface area contributed by atoms with E-state index in [0.717, 1.165) is 28.9 Å². The monoisotopic (exact) mass is 320 g/mol. The number of imidazole rings is 1. The highest BCUT2D eigenvalue weighted by molar-refractivity contribution is 5.80. The lowest BCUT2D eigenvalue weighted by molar-refractivity contribution is 0.243. The molecule has 2 aromatic carbocycles. The Labute approximate surface area is 138 Å². The smallest absolute Gasteiger partial charge is 0.264 e. The van der Waals surface area contributed by atoms with Gasteiger partial charge in [0.2, 0.25) is 5.82 Å². The first kappa shape index (κ1) is 14.4. The topological polar surface area (TPSA) is 66.0 Å². The fraction of sp³-hybridized carbons (Fsp3) is 0.167. The van der Waals surface area contributed by atoms with Gasteiger partial charge >= 0.3 is 0 Å². The summed E-state index contributed by atoms with van der Waals surface area (Å²) in [4.78, 5) is 8.78. The van der Waals surface area contributed by atoms with Crippen LogP contribution < -0.4 is 4.74 Å². The zero-order valence-electron chi connectivity index (χ0n) is 13.2. The zero-order chi connectivity index (χ0) is 16.4. The van der Waals surface area contributed by atoms with Crippen molar-refractivity contribution in [3.63, 3.8) is 0 Å². The summed E-state index contributed by atoms with van der Waals surface area (Å²) < 4.78 is 13.0. The lowest BCUT2D eigenvalue weighted by atomic mass is 10.2. The molecule has 0 radical (unpaired) electrons. The van der Waals surface area contributed by atoms with E-state index in [4.69, 9.17) is 9.26 Å². The number of ether oxygens (including phenoxy) is 1. The SMILES string of the molecule is CCn1cnc2ccc(-c3noc(COc4ccccc4)n3)cc21. The Kier molecular flexibility index (Phi) is 3.70. The minimum absolute atomic E-state index is 0.242. The molecular weight excluding hydrogens is 304 g/mol. The molecule has 0 bridgehead atoms. The van der Waals surface area contributed by atoms with Gasteiger partial charge in [-0.2, -0.15) is 4.98 Å². The van der Waals surface area contributed by atoms with Crippen molar-refractivity contribution in [2.24, 2.45) is 0 Å². The molecule has 0 amide bonds. The van der Waals surface area contributed by atoms with E-state index < -0.39 is 0 Å². The van der Waals surface area contributed by atoms with E-state index in [0.29, 0.717) is 11.7 Å². The molecular formula is C18H16N4O2. The van der Waals surface area contributed by atoms with Gasteiger partial charge in [-0.25, -0.2) is 4.98 Å². The first-order chi connectivity index (χ1) is 11.8. The Morgan fingerprint density at radius 1 is 1.12 bits per heavy atom. The normalized spacial score (nSPS) is 11.0. The molecule has 0 saturated carbocycles. The van der Waals surface area contributed by atoms with Crippen molar-refractivity contribution in [1.82, 2.24) is 19.7 Å². The van der Waals surface area contributed by atoms with Crippen LogP contribution in [0.1, 0.15) is 12.8 Å². The van der Waals surface area contributed by atoms with Gasteiger partial charge in [0.1, 0.15) is 5.75 Å². The highest BCUT2D eigenvalue weighted by atomic mass is 16.5. The van der Waals surface area contributed by atoms with Gasteiger partial charge in [-0.15, -0.1) is 0 Å². The molecule has 6 heteroatoms. The summed E-state index contributed by atoms with van der Waals surface area (Å²) in [6, 6.07) is 15.5. The maximum absolute atomic E-state index is 5.63. The Balaban J connectivity index is 1.56. The highest BCUT2D eigenvalue weighted by Gasteiger charge is 2.11. The minimum atomic E-state index is 0.242. The largest absolute Gasteiger partial charge is 0.484 e. The van der Waals surface area contributed by atoms with Crippen LogP contribution in [0.2, 0.25) is 0 Å². The van der Waals surface area contributed by atoms with E-state index >= 15 is 0 Å². The van der Waals surface area contributed by atoms with Gasteiger partial charge in [0.05, 0.1) is 17.4 Å². The van der Waals surface area contributed by atoms with Gasteiger partial charge in [-0.3, -0.25) is 0 Å². The highest BCUT2D eigenvalue weighted by Crippen LogP contribution is 2.22. The number of hydrogen-bond acceptors (Lipinski definition) is 5. The van der Waals surface area contributed by atoms with Gasteiger partial charge in [0.25, 0.3) is 5.89 Å². The van der Waals surface area contributed by atoms with Crippen molar-refractivity contribution < 1.29 is 9.26 Å². The maximum atomic E-state index is 5.63. The van der Waals surface area contributed by atoms with Gasteiger partial charge in [0, 0.05) is 12.1 Å². The molecule has 0 aliphatic rings. The number of rotatable bonds is 5. The van der Waals surface area contributed by atoms with Crippen LogP contribution in [-0.4, -0.2) is 19.7 Å². The Morgan fingerprint density at radius 2 is 2.00 bits per heavy atom. The Morgan fingerprint density at radius 3 is 2.83 bits per heavy atom. The second kappa shape index (κ2) is 6.16. The number of aryl methyl sites for hydroxylation is 1. The summed E-state index contributed by atoms with van der Waals surface area (Å²) in [6.07, 6.45) is 1.84. The summed E-state index contributed by atoms with van der Waals surface area (Å²) in [7, 11) is 0. The third-order valence-corrected chi connectivity index (χ3v) is 3.79. The van der Waals surface area contributed by atoms with Crippen LogP contribution in [0.4, 0.5) is 0 Å². The average Bonchev–Trinajstić information content (AvgIpc) is 3.27. The average molecular weight is 320 g/mol. The number of benzene rings is 2. The molecule has 24 heavy (non-hydrogen) atoms. The fourth-order valence-electron chi connectivity index (χ4n) is 2.54. The van der Waals surface area contributed by atoms with Gasteiger partial charge in [-0.1, -0.05) is 23.4 Å². The molecule has 2 heterocycles. The van der Waals surface area contributed by atoms with Gasteiger partial charge < -0.3 is 13.8 Å². The van der Waals surface area contributed by atoms with E-state index in [-0.39, 0.29) is 6.61 Å². The number of aromatic nitrogens is 4. The summed E-state index contributed by atoms with van der Waals surface area (Å²) >= 11 is 0. The third-order valence-electron chi connectivity index (χ3n) is 3.79. The minimum Gasteiger partial charge on any atom is -0.484 e. The summed E-state index contributed by atoms with van der Waals surface area (Å²) in [6.45, 7) is 3.19. The first-order valence-corrected chi connectivity index (χ1v) is 7.79. The van der Waals surface area contributed by atoms with E-state index in [1.807, 2.05) is 54.9 Å². The standard InChI is InChI=1S/C18H16N4O2/c1-2-22-12-19-15-9-8-13(10-16(15)22)18-20-17(24-21-18)11-23-14-6-4-3-5-7-14/h3-10,12H,2,11H2,1H3. The molecule has 4 aromatic rings. The van der Waals surface area contributed by atoms with Crippen LogP contribution in [-0.2, 0) is 13.2 Å². The maximum Gasteiger partial charge on any atom is 0.264 e. The van der Waals surface area contributed by atoms with Crippen LogP contribution in [0, 0.1) is 0 Å². The van der Waals surface area contributed by atoms with E-state index in [1.54, 1.807) is 0 Å². The van der Waals surface area contributed by atoms with Crippen molar-refractivity contribution in [3.05, 3.63) is 60.7 Å². The second-order valence-electron chi connectivity index (χ2n) is 5.35. The van der Waals surface area contributed by atoms with Crippen molar-refractivity contribution >= 4 is 11.0 Å². The zero-order valence-corrected chi connectivity index (χ0v) is 13.2. The Bertz CT molecular complexity index is 959. The molecule has 0 spiro atoms.